The van der Waals surface area contributed by atoms with Gasteiger partial charge in [-0.25, -0.2) is 4.79 Å². The van der Waals surface area contributed by atoms with Gasteiger partial charge in [0, 0.05) is 6.08 Å². The number of fused-ring (bicyclic) bond motifs is 3. The average Bonchev–Trinajstić information content (AvgIpc) is 3.04. The van der Waals surface area contributed by atoms with E-state index in [4.69, 9.17) is 4.74 Å². The van der Waals surface area contributed by atoms with Crippen molar-refractivity contribution in [1.82, 2.24) is 0 Å². The van der Waals surface area contributed by atoms with Crippen LogP contribution >= 0.6 is 0 Å². The number of allylic oxidation sites excluding steroid dienone is 2. The molecule has 0 aliphatic heterocycles. The molecule has 3 aromatic carbocycles. The maximum absolute atomic E-state index is 11.8. The van der Waals surface area contributed by atoms with Gasteiger partial charge in [-0.05, 0) is 52.0 Å². The Morgan fingerprint density at radius 2 is 1.26 bits per heavy atom. The summed E-state index contributed by atoms with van der Waals surface area (Å²) in [6, 6.07) is 25.2. The van der Waals surface area contributed by atoms with Crippen molar-refractivity contribution in [2.75, 3.05) is 7.11 Å². The molecule has 0 fully saturated rings. The number of esters is 1. The maximum Gasteiger partial charge on any atom is 0.330 e. The first-order valence-electron chi connectivity index (χ1n) is 8.95. The molecule has 0 saturated heterocycles. The molecule has 2 nitrogen and oxygen atoms in total. The van der Waals surface area contributed by atoms with Gasteiger partial charge in [0.15, 0.2) is 0 Å². The summed E-state index contributed by atoms with van der Waals surface area (Å²) in [5.41, 5.74) is 9.24. The molecule has 1 aliphatic rings. The van der Waals surface area contributed by atoms with E-state index in [2.05, 4.69) is 79.7 Å². The smallest absolute Gasteiger partial charge is 0.330 e. The zero-order chi connectivity index (χ0) is 18.8. The third-order valence-electron chi connectivity index (χ3n) is 4.90. The fraction of sp³-hybridized carbons (Fsp3) is 0.0800. The van der Waals surface area contributed by atoms with Gasteiger partial charge >= 0.3 is 5.97 Å². The van der Waals surface area contributed by atoms with E-state index in [1.54, 1.807) is 0 Å². The summed E-state index contributed by atoms with van der Waals surface area (Å²) in [5, 5.41) is 0. The van der Waals surface area contributed by atoms with Crippen LogP contribution in [0.4, 0.5) is 0 Å². The van der Waals surface area contributed by atoms with Crippen LogP contribution in [0, 0.1) is 6.92 Å². The Bertz CT molecular complexity index is 1020. The Labute approximate surface area is 159 Å². The molecular formula is C25H20O2. The van der Waals surface area contributed by atoms with Crippen LogP contribution in [0.25, 0.3) is 22.3 Å². The Hall–Kier alpha value is -3.39. The number of carbonyl (C=O) groups is 1. The highest BCUT2D eigenvalue weighted by Crippen LogP contribution is 2.47. The summed E-state index contributed by atoms with van der Waals surface area (Å²) in [4.78, 5) is 11.8. The highest BCUT2D eigenvalue weighted by Gasteiger charge is 2.25. The largest absolute Gasteiger partial charge is 0.466 e. The van der Waals surface area contributed by atoms with E-state index in [0.717, 1.165) is 16.7 Å². The molecular weight excluding hydrogens is 332 g/mol. The summed E-state index contributed by atoms with van der Waals surface area (Å²) < 4.78 is 4.81. The van der Waals surface area contributed by atoms with Crippen LogP contribution in [0.5, 0.6) is 0 Å². The van der Waals surface area contributed by atoms with Crippen molar-refractivity contribution in [2.45, 2.75) is 6.92 Å². The Kier molecular flexibility index (Phi) is 4.47. The van der Waals surface area contributed by atoms with E-state index in [9.17, 15) is 4.79 Å². The Morgan fingerprint density at radius 3 is 1.78 bits per heavy atom. The van der Waals surface area contributed by atoms with E-state index in [-0.39, 0.29) is 5.97 Å². The van der Waals surface area contributed by atoms with Crippen LogP contribution in [0.1, 0.15) is 22.3 Å². The second-order valence-electron chi connectivity index (χ2n) is 6.60. The normalized spacial score (nSPS) is 12.0. The Morgan fingerprint density at radius 1 is 0.741 bits per heavy atom. The lowest BCUT2D eigenvalue weighted by molar-refractivity contribution is -0.134. The van der Waals surface area contributed by atoms with E-state index in [1.807, 2.05) is 6.08 Å². The first kappa shape index (κ1) is 17.0. The van der Waals surface area contributed by atoms with Gasteiger partial charge in [-0.3, -0.25) is 0 Å². The third-order valence-corrected chi connectivity index (χ3v) is 4.90. The predicted molar refractivity (Wildman–Crippen MR) is 110 cm³/mol. The van der Waals surface area contributed by atoms with Crippen molar-refractivity contribution in [2.24, 2.45) is 0 Å². The van der Waals surface area contributed by atoms with Crippen molar-refractivity contribution in [3.8, 4) is 11.1 Å². The molecule has 0 aromatic heterocycles. The van der Waals surface area contributed by atoms with Crippen LogP contribution in [0.2, 0.25) is 0 Å². The van der Waals surface area contributed by atoms with Gasteiger partial charge < -0.3 is 4.74 Å². The molecule has 1 aliphatic carbocycles. The average molecular weight is 352 g/mol. The molecule has 4 rings (SSSR count). The number of aryl methyl sites for hydroxylation is 1. The molecule has 3 aromatic rings. The number of rotatable bonds is 3. The first-order valence-corrected chi connectivity index (χ1v) is 8.95. The number of benzene rings is 3. The van der Waals surface area contributed by atoms with Crippen molar-refractivity contribution >= 4 is 17.1 Å². The molecule has 0 unspecified atom stereocenters. The van der Waals surface area contributed by atoms with Crippen LogP contribution in [-0.2, 0) is 9.53 Å². The lowest BCUT2D eigenvalue weighted by Gasteiger charge is -2.11. The Balaban J connectivity index is 2.03. The third kappa shape index (κ3) is 3.11. The maximum atomic E-state index is 11.8. The zero-order valence-corrected chi connectivity index (χ0v) is 15.4. The molecule has 0 amide bonds. The zero-order valence-electron chi connectivity index (χ0n) is 15.4. The standard InChI is InChI=1S/C25H20O2/c1-17-11-13-18(14-12-17)19(15-16-24(26)27-2)25-22-9-5-3-7-20(22)21-8-4-6-10-23(21)25/h3-16H,1-2H3/b16-15+. The number of hydrogen-bond acceptors (Lipinski definition) is 2. The summed E-state index contributed by atoms with van der Waals surface area (Å²) in [6.45, 7) is 2.07. The monoisotopic (exact) mass is 352 g/mol. The van der Waals surface area contributed by atoms with Crippen LogP contribution in [0.15, 0.2) is 84.9 Å². The van der Waals surface area contributed by atoms with Crippen molar-refractivity contribution in [3.63, 3.8) is 0 Å². The molecule has 0 saturated carbocycles. The van der Waals surface area contributed by atoms with Crippen molar-refractivity contribution in [3.05, 3.63) is 107 Å². The van der Waals surface area contributed by atoms with E-state index in [1.165, 1.54) is 41.0 Å². The van der Waals surface area contributed by atoms with Crippen molar-refractivity contribution < 1.29 is 9.53 Å². The van der Waals surface area contributed by atoms with E-state index >= 15 is 0 Å². The number of methoxy groups -OCH3 is 1. The van der Waals surface area contributed by atoms with Gasteiger partial charge in [-0.15, -0.1) is 0 Å². The van der Waals surface area contributed by atoms with Gasteiger partial charge in [0.25, 0.3) is 0 Å². The van der Waals surface area contributed by atoms with Gasteiger partial charge in [0.2, 0.25) is 0 Å². The minimum atomic E-state index is -0.361. The van der Waals surface area contributed by atoms with E-state index < -0.39 is 0 Å². The number of ether oxygens (including phenoxy) is 1. The fourth-order valence-corrected chi connectivity index (χ4v) is 3.58. The van der Waals surface area contributed by atoms with E-state index in [0.29, 0.717) is 0 Å². The topological polar surface area (TPSA) is 26.3 Å². The number of carbonyl (C=O) groups excluding carboxylic acids is 1. The minimum Gasteiger partial charge on any atom is -0.466 e. The van der Waals surface area contributed by atoms with Crippen molar-refractivity contribution in [1.29, 1.82) is 0 Å². The lowest BCUT2D eigenvalue weighted by Crippen LogP contribution is -1.95. The quantitative estimate of drug-likeness (QED) is 0.351. The second kappa shape index (κ2) is 7.08. The number of hydrogen-bond donors (Lipinski definition) is 0. The van der Waals surface area contributed by atoms with Gasteiger partial charge in [0.1, 0.15) is 0 Å². The minimum absolute atomic E-state index is 0.361. The molecule has 0 radical (unpaired) electrons. The second-order valence-corrected chi connectivity index (χ2v) is 6.60. The first-order chi connectivity index (χ1) is 13.2. The predicted octanol–water partition coefficient (Wildman–Crippen LogP) is 5.66. The van der Waals surface area contributed by atoms with Crippen LogP contribution in [-0.4, -0.2) is 13.1 Å². The molecule has 0 heterocycles. The fourth-order valence-electron chi connectivity index (χ4n) is 3.58. The van der Waals surface area contributed by atoms with Crippen LogP contribution in [0.3, 0.4) is 0 Å². The lowest BCUT2D eigenvalue weighted by atomic mass is 9.92. The highest BCUT2D eigenvalue weighted by atomic mass is 16.5. The molecule has 0 N–H and O–H groups in total. The van der Waals surface area contributed by atoms with Gasteiger partial charge in [-0.2, -0.15) is 0 Å². The highest BCUT2D eigenvalue weighted by molar-refractivity contribution is 6.12. The molecule has 27 heavy (non-hydrogen) atoms. The summed E-state index contributed by atoms with van der Waals surface area (Å²) in [5.74, 6) is -0.361. The molecule has 0 atom stereocenters. The van der Waals surface area contributed by atoms with Gasteiger partial charge in [-0.1, -0.05) is 78.4 Å². The van der Waals surface area contributed by atoms with Crippen LogP contribution < -0.4 is 0 Å². The summed E-state index contributed by atoms with van der Waals surface area (Å²) in [6.07, 6.45) is 3.36. The molecule has 0 spiro atoms. The van der Waals surface area contributed by atoms with Gasteiger partial charge in [0.05, 0.1) is 7.11 Å². The molecule has 132 valence electrons. The summed E-state index contributed by atoms with van der Waals surface area (Å²) >= 11 is 0. The SMILES string of the molecule is COC(=O)/C=C/C(=C1c2ccccc2-c2ccccc21)c1ccc(C)cc1. The molecule has 0 bridgehead atoms. The molecule has 2 heteroatoms. The summed E-state index contributed by atoms with van der Waals surface area (Å²) in [7, 11) is 1.39.